The molecule has 24 heavy (non-hydrogen) atoms. The molecule has 2 nitrogen and oxygen atoms in total. The zero-order valence-corrected chi connectivity index (χ0v) is 18.0. The number of hydrogen-bond donors (Lipinski definition) is 0. The van der Waals surface area contributed by atoms with E-state index in [0.29, 0.717) is 17.6 Å². The molecule has 0 aromatic heterocycles. The predicted octanol–water partition coefficient (Wildman–Crippen LogP) is 6.32. The van der Waals surface area contributed by atoms with Crippen LogP contribution in [0.2, 0.25) is 0 Å². The van der Waals surface area contributed by atoms with Crippen LogP contribution >= 0.6 is 22.6 Å². The van der Waals surface area contributed by atoms with Crippen molar-refractivity contribution in [3.05, 3.63) is 27.8 Å². The maximum Gasteiger partial charge on any atom is 0.314 e. The van der Waals surface area contributed by atoms with Crippen molar-refractivity contribution in [2.75, 3.05) is 0 Å². The summed E-state index contributed by atoms with van der Waals surface area (Å²) in [5.41, 5.74) is 0.455. The summed E-state index contributed by atoms with van der Waals surface area (Å²) in [5.74, 6) is 1.73. The Balaban J connectivity index is 2.14. The van der Waals surface area contributed by atoms with E-state index in [4.69, 9.17) is 4.74 Å². The van der Waals surface area contributed by atoms with Gasteiger partial charge in [0.1, 0.15) is 5.75 Å². The lowest BCUT2D eigenvalue weighted by molar-refractivity contribution is -0.142. The highest BCUT2D eigenvalue weighted by molar-refractivity contribution is 14.1. The average molecular weight is 442 g/mol. The van der Waals surface area contributed by atoms with E-state index in [9.17, 15) is 4.79 Å². The molecule has 0 saturated heterocycles. The fourth-order valence-electron chi connectivity index (χ4n) is 3.63. The van der Waals surface area contributed by atoms with Crippen molar-refractivity contribution in [3.8, 4) is 5.75 Å². The van der Waals surface area contributed by atoms with Crippen LogP contribution in [0, 0.1) is 32.2 Å². The van der Waals surface area contributed by atoms with E-state index in [1.54, 1.807) is 0 Å². The Hall–Kier alpha value is -0.580. The molecule has 1 aromatic carbocycles. The Bertz CT molecular complexity index is 541. The van der Waals surface area contributed by atoms with Crippen molar-refractivity contribution in [3.63, 3.8) is 0 Å². The smallest absolute Gasteiger partial charge is 0.314 e. The molecule has 1 aliphatic rings. The van der Waals surface area contributed by atoms with Crippen molar-refractivity contribution in [2.45, 2.75) is 60.8 Å². The summed E-state index contributed by atoms with van der Waals surface area (Å²) in [6.45, 7) is 13.8. The Kier molecular flexibility index (Phi) is 6.04. The van der Waals surface area contributed by atoms with Crippen LogP contribution in [0.15, 0.2) is 24.3 Å². The fourth-order valence-corrected chi connectivity index (χ4v) is 3.99. The molecule has 3 heteroatoms. The number of halogens is 1. The lowest BCUT2D eigenvalue weighted by atomic mass is 9.60. The molecule has 0 aliphatic heterocycles. The molecule has 0 radical (unpaired) electrons. The standard InChI is InChI=1S/C21H31IO2/c1-20(2,3)15-11-14(12-16(13-15)21(4,5)6)19(23)24-18-9-7-17(22)8-10-18/h7-10,14-16H,11-13H2,1-6H3. The van der Waals surface area contributed by atoms with E-state index in [2.05, 4.69) is 64.1 Å². The highest BCUT2D eigenvalue weighted by Gasteiger charge is 2.42. The van der Waals surface area contributed by atoms with Gasteiger partial charge < -0.3 is 4.74 Å². The van der Waals surface area contributed by atoms with E-state index >= 15 is 0 Å². The van der Waals surface area contributed by atoms with Crippen LogP contribution in [-0.4, -0.2) is 5.97 Å². The van der Waals surface area contributed by atoms with Gasteiger partial charge in [-0.1, -0.05) is 41.5 Å². The molecular formula is C21H31IO2. The maximum absolute atomic E-state index is 12.8. The van der Waals surface area contributed by atoms with Crippen molar-refractivity contribution in [2.24, 2.45) is 28.6 Å². The first-order chi connectivity index (χ1) is 11.0. The molecule has 2 rings (SSSR count). The van der Waals surface area contributed by atoms with Gasteiger partial charge in [-0.15, -0.1) is 0 Å². The summed E-state index contributed by atoms with van der Waals surface area (Å²) >= 11 is 2.26. The highest BCUT2D eigenvalue weighted by Crippen LogP contribution is 2.48. The molecule has 0 amide bonds. The zero-order valence-electron chi connectivity index (χ0n) is 15.9. The third-order valence-corrected chi connectivity index (χ3v) is 6.24. The van der Waals surface area contributed by atoms with Crippen molar-refractivity contribution in [1.29, 1.82) is 0 Å². The fraction of sp³-hybridized carbons (Fsp3) is 0.667. The Morgan fingerprint density at radius 3 is 1.79 bits per heavy atom. The first kappa shape index (κ1) is 19.7. The van der Waals surface area contributed by atoms with Crippen molar-refractivity contribution in [1.82, 2.24) is 0 Å². The molecule has 2 unspecified atom stereocenters. The van der Waals surface area contributed by atoms with Gasteiger partial charge in [-0.2, -0.15) is 0 Å². The maximum atomic E-state index is 12.8. The van der Waals surface area contributed by atoms with E-state index in [1.165, 1.54) is 6.42 Å². The number of hydrogen-bond acceptors (Lipinski definition) is 2. The first-order valence-electron chi connectivity index (χ1n) is 8.94. The molecule has 0 heterocycles. The summed E-state index contributed by atoms with van der Waals surface area (Å²) in [7, 11) is 0. The third kappa shape index (κ3) is 5.21. The van der Waals surface area contributed by atoms with E-state index in [1.807, 2.05) is 24.3 Å². The van der Waals surface area contributed by atoms with Gasteiger partial charge in [0.05, 0.1) is 5.92 Å². The minimum Gasteiger partial charge on any atom is -0.426 e. The summed E-state index contributed by atoms with van der Waals surface area (Å²) < 4.78 is 6.83. The van der Waals surface area contributed by atoms with Gasteiger partial charge in [0.15, 0.2) is 0 Å². The van der Waals surface area contributed by atoms with Gasteiger partial charge >= 0.3 is 5.97 Å². The number of esters is 1. The van der Waals surface area contributed by atoms with E-state index < -0.39 is 0 Å². The van der Waals surface area contributed by atoms with Gasteiger partial charge in [-0.3, -0.25) is 4.79 Å². The summed E-state index contributed by atoms with van der Waals surface area (Å²) in [6, 6.07) is 7.70. The lowest BCUT2D eigenvalue weighted by Crippen LogP contribution is -2.39. The quantitative estimate of drug-likeness (QED) is 0.304. The SMILES string of the molecule is CC(C)(C)C1CC(C(=O)Oc2ccc(I)cc2)CC(C(C)(C)C)C1. The molecular weight excluding hydrogens is 411 g/mol. The summed E-state index contributed by atoms with van der Waals surface area (Å²) in [5, 5.41) is 0. The molecule has 1 aliphatic carbocycles. The number of carbonyl (C=O) groups is 1. The predicted molar refractivity (Wildman–Crippen MR) is 108 cm³/mol. The number of carbonyl (C=O) groups excluding carboxylic acids is 1. The average Bonchev–Trinajstić information content (AvgIpc) is 2.47. The minimum absolute atomic E-state index is 0.00600. The van der Waals surface area contributed by atoms with Crippen LogP contribution in [0.25, 0.3) is 0 Å². The van der Waals surface area contributed by atoms with Gasteiger partial charge in [0.25, 0.3) is 0 Å². The van der Waals surface area contributed by atoms with Gasteiger partial charge in [0, 0.05) is 3.57 Å². The zero-order chi connectivity index (χ0) is 18.1. The molecule has 2 atom stereocenters. The van der Waals surface area contributed by atoms with Crippen LogP contribution in [-0.2, 0) is 4.79 Å². The van der Waals surface area contributed by atoms with Gasteiger partial charge in [-0.05, 0) is 88.8 Å². The van der Waals surface area contributed by atoms with Gasteiger partial charge in [-0.25, -0.2) is 0 Å². The number of rotatable bonds is 2. The number of ether oxygens (including phenoxy) is 1. The Morgan fingerprint density at radius 2 is 1.38 bits per heavy atom. The largest absolute Gasteiger partial charge is 0.426 e. The van der Waals surface area contributed by atoms with Crippen LogP contribution in [0.3, 0.4) is 0 Å². The highest BCUT2D eigenvalue weighted by atomic mass is 127. The number of benzene rings is 1. The first-order valence-corrected chi connectivity index (χ1v) is 10.0. The van der Waals surface area contributed by atoms with Crippen LogP contribution in [0.1, 0.15) is 60.8 Å². The second kappa shape index (κ2) is 7.35. The van der Waals surface area contributed by atoms with Crippen LogP contribution in [0.4, 0.5) is 0 Å². The monoisotopic (exact) mass is 442 g/mol. The molecule has 1 saturated carbocycles. The van der Waals surface area contributed by atoms with Gasteiger partial charge in [0.2, 0.25) is 0 Å². The second-order valence-corrected chi connectivity index (χ2v) is 10.7. The summed E-state index contributed by atoms with van der Waals surface area (Å²) in [4.78, 5) is 12.8. The van der Waals surface area contributed by atoms with E-state index in [0.717, 1.165) is 16.4 Å². The third-order valence-electron chi connectivity index (χ3n) is 5.52. The molecule has 0 spiro atoms. The molecule has 1 aromatic rings. The van der Waals surface area contributed by atoms with Crippen molar-refractivity contribution < 1.29 is 9.53 Å². The lowest BCUT2D eigenvalue weighted by Gasteiger charge is -2.45. The van der Waals surface area contributed by atoms with Crippen LogP contribution < -0.4 is 4.74 Å². The van der Waals surface area contributed by atoms with Crippen molar-refractivity contribution >= 4 is 28.6 Å². The topological polar surface area (TPSA) is 26.3 Å². The minimum atomic E-state index is -0.0561. The molecule has 1 fully saturated rings. The summed E-state index contributed by atoms with van der Waals surface area (Å²) in [6.07, 6.45) is 3.10. The second-order valence-electron chi connectivity index (χ2n) is 9.40. The normalized spacial score (nSPS) is 25.4. The van der Waals surface area contributed by atoms with E-state index in [-0.39, 0.29) is 22.7 Å². The molecule has 0 N–H and O–H groups in total. The molecule has 0 bridgehead atoms. The Morgan fingerprint density at radius 1 is 0.917 bits per heavy atom. The van der Waals surface area contributed by atoms with Crippen LogP contribution in [0.5, 0.6) is 5.75 Å². The molecule has 134 valence electrons. The Labute approximate surface area is 160 Å².